The summed E-state index contributed by atoms with van der Waals surface area (Å²) in [6, 6.07) is 0. The Kier molecular flexibility index (Phi) is 5.03. The minimum absolute atomic E-state index is 0.209. The number of aryl methyl sites for hydroxylation is 1. The molecule has 4 nitrogen and oxygen atoms in total. The van der Waals surface area contributed by atoms with Gasteiger partial charge in [0.2, 0.25) is 0 Å². The van der Waals surface area contributed by atoms with E-state index < -0.39 is 5.97 Å². The number of Topliss-reactive ketones (excluding diaryl/α,β-unsaturated/α-hetero) is 1. The molecule has 1 aromatic rings. The van der Waals surface area contributed by atoms with Crippen molar-refractivity contribution in [2.24, 2.45) is 0 Å². The van der Waals surface area contributed by atoms with E-state index in [1.807, 2.05) is 12.3 Å². The molecule has 17 heavy (non-hydrogen) atoms. The number of aromatic nitrogens is 1. The second-order valence-electron chi connectivity index (χ2n) is 3.52. The molecule has 1 heterocycles. The second kappa shape index (κ2) is 6.30. The van der Waals surface area contributed by atoms with Crippen molar-refractivity contribution in [3.8, 4) is 0 Å². The number of thiazole rings is 1. The van der Waals surface area contributed by atoms with Crippen LogP contribution in [0.25, 0.3) is 6.08 Å². The number of allylic oxidation sites excluding steroid dienone is 1. The first-order valence-electron chi connectivity index (χ1n) is 5.32. The molecule has 0 amide bonds. The smallest absolute Gasteiger partial charge is 0.313 e. The minimum atomic E-state index is -0.486. The molecule has 0 aliphatic heterocycles. The number of carbonyl (C=O) groups is 2. The summed E-state index contributed by atoms with van der Waals surface area (Å²) < 4.78 is 4.72. The SMILES string of the molecule is CCOC(=O)CC(=O)C(C)=Cc1csc(C)n1. The minimum Gasteiger partial charge on any atom is -0.466 e. The Labute approximate surface area is 104 Å². The molecule has 0 saturated heterocycles. The van der Waals surface area contributed by atoms with Crippen molar-refractivity contribution in [1.82, 2.24) is 4.98 Å². The van der Waals surface area contributed by atoms with Crippen LogP contribution in [0.4, 0.5) is 0 Å². The molecule has 0 atom stereocenters. The molecule has 1 rings (SSSR count). The number of ketones is 1. The Bertz CT molecular complexity index is 448. The van der Waals surface area contributed by atoms with Crippen LogP contribution in [-0.4, -0.2) is 23.3 Å². The molecule has 0 aliphatic rings. The molecule has 5 heteroatoms. The van der Waals surface area contributed by atoms with Crippen molar-refractivity contribution in [1.29, 1.82) is 0 Å². The Morgan fingerprint density at radius 2 is 2.24 bits per heavy atom. The summed E-state index contributed by atoms with van der Waals surface area (Å²) in [6.45, 7) is 5.58. The summed E-state index contributed by atoms with van der Waals surface area (Å²) in [6.07, 6.45) is 1.48. The van der Waals surface area contributed by atoms with Crippen molar-refractivity contribution in [3.05, 3.63) is 21.7 Å². The van der Waals surface area contributed by atoms with E-state index in [1.165, 1.54) is 11.3 Å². The summed E-state index contributed by atoms with van der Waals surface area (Å²) in [5.74, 6) is -0.714. The van der Waals surface area contributed by atoms with Gasteiger partial charge in [0.05, 0.1) is 17.3 Å². The van der Waals surface area contributed by atoms with Crippen LogP contribution >= 0.6 is 11.3 Å². The highest BCUT2D eigenvalue weighted by molar-refractivity contribution is 7.09. The molecular formula is C12H15NO3S. The van der Waals surface area contributed by atoms with Crippen molar-refractivity contribution in [3.63, 3.8) is 0 Å². The van der Waals surface area contributed by atoms with Gasteiger partial charge >= 0.3 is 5.97 Å². The van der Waals surface area contributed by atoms with E-state index >= 15 is 0 Å². The van der Waals surface area contributed by atoms with Crippen molar-refractivity contribution >= 4 is 29.2 Å². The normalized spacial score (nSPS) is 11.4. The van der Waals surface area contributed by atoms with E-state index in [0.717, 1.165) is 10.7 Å². The summed E-state index contributed by atoms with van der Waals surface area (Å²) in [5, 5.41) is 2.82. The molecule has 0 bridgehead atoms. The molecule has 0 fully saturated rings. The molecule has 0 N–H and O–H groups in total. The second-order valence-corrected chi connectivity index (χ2v) is 4.59. The van der Waals surface area contributed by atoms with E-state index in [-0.39, 0.29) is 12.2 Å². The molecule has 0 saturated carbocycles. The number of rotatable bonds is 5. The Morgan fingerprint density at radius 1 is 1.53 bits per heavy atom. The largest absolute Gasteiger partial charge is 0.466 e. The lowest BCUT2D eigenvalue weighted by atomic mass is 10.1. The third kappa shape index (κ3) is 4.48. The molecule has 0 radical (unpaired) electrons. The van der Waals surface area contributed by atoms with Gasteiger partial charge in [-0.2, -0.15) is 0 Å². The monoisotopic (exact) mass is 253 g/mol. The number of ether oxygens (including phenoxy) is 1. The van der Waals surface area contributed by atoms with Crippen molar-refractivity contribution in [2.75, 3.05) is 6.61 Å². The number of nitrogens with zero attached hydrogens (tertiary/aromatic N) is 1. The Balaban J connectivity index is 2.63. The standard InChI is InChI=1S/C12H15NO3S/c1-4-16-12(15)6-11(14)8(2)5-10-7-17-9(3)13-10/h5,7H,4,6H2,1-3H3. The fourth-order valence-corrected chi connectivity index (χ4v) is 1.80. The van der Waals surface area contributed by atoms with Gasteiger partial charge in [-0.1, -0.05) is 0 Å². The zero-order valence-corrected chi connectivity index (χ0v) is 11.0. The van der Waals surface area contributed by atoms with Gasteiger partial charge in [-0.3, -0.25) is 9.59 Å². The first kappa shape index (κ1) is 13.6. The maximum atomic E-state index is 11.6. The summed E-state index contributed by atoms with van der Waals surface area (Å²) in [5.41, 5.74) is 1.27. The van der Waals surface area contributed by atoms with Gasteiger partial charge in [-0.15, -0.1) is 11.3 Å². The number of esters is 1. The topological polar surface area (TPSA) is 56.3 Å². The van der Waals surface area contributed by atoms with Gasteiger partial charge in [0, 0.05) is 5.38 Å². The highest BCUT2D eigenvalue weighted by Gasteiger charge is 2.12. The van der Waals surface area contributed by atoms with E-state index in [0.29, 0.717) is 12.2 Å². The zero-order chi connectivity index (χ0) is 12.8. The van der Waals surface area contributed by atoms with E-state index in [2.05, 4.69) is 4.98 Å². The molecule has 92 valence electrons. The maximum absolute atomic E-state index is 11.6. The maximum Gasteiger partial charge on any atom is 0.313 e. The quantitative estimate of drug-likeness (QED) is 0.459. The molecule has 0 aliphatic carbocycles. The molecule has 0 spiro atoms. The van der Waals surface area contributed by atoms with Crippen LogP contribution in [0.1, 0.15) is 31.0 Å². The predicted molar refractivity (Wildman–Crippen MR) is 66.8 cm³/mol. The van der Waals surface area contributed by atoms with Gasteiger partial charge in [-0.25, -0.2) is 4.98 Å². The van der Waals surface area contributed by atoms with E-state index in [9.17, 15) is 9.59 Å². The highest BCUT2D eigenvalue weighted by atomic mass is 32.1. The van der Waals surface area contributed by atoms with E-state index in [4.69, 9.17) is 4.74 Å². The lowest BCUT2D eigenvalue weighted by Gasteiger charge is -2.01. The summed E-state index contributed by atoms with van der Waals surface area (Å²) in [7, 11) is 0. The molecule has 1 aromatic heterocycles. The van der Waals surface area contributed by atoms with Gasteiger partial charge in [0.15, 0.2) is 5.78 Å². The first-order valence-corrected chi connectivity index (χ1v) is 6.20. The number of hydrogen-bond acceptors (Lipinski definition) is 5. The van der Waals surface area contributed by atoms with Crippen LogP contribution < -0.4 is 0 Å². The molecular weight excluding hydrogens is 238 g/mol. The first-order chi connectivity index (χ1) is 8.02. The Morgan fingerprint density at radius 3 is 2.76 bits per heavy atom. The lowest BCUT2D eigenvalue weighted by Crippen LogP contribution is -2.11. The van der Waals surface area contributed by atoms with Gasteiger partial charge in [0.25, 0.3) is 0 Å². The Hall–Kier alpha value is -1.49. The zero-order valence-electron chi connectivity index (χ0n) is 10.1. The lowest BCUT2D eigenvalue weighted by molar-refractivity contribution is -0.144. The predicted octanol–water partition coefficient (Wildman–Crippen LogP) is 2.38. The van der Waals surface area contributed by atoms with Crippen molar-refractivity contribution < 1.29 is 14.3 Å². The van der Waals surface area contributed by atoms with Crippen LogP contribution in [0, 0.1) is 6.92 Å². The van der Waals surface area contributed by atoms with Crippen LogP contribution in [0.3, 0.4) is 0 Å². The average molecular weight is 253 g/mol. The van der Waals surface area contributed by atoms with Crippen LogP contribution in [0.15, 0.2) is 11.0 Å². The van der Waals surface area contributed by atoms with E-state index in [1.54, 1.807) is 19.9 Å². The van der Waals surface area contributed by atoms with Crippen LogP contribution in [-0.2, 0) is 14.3 Å². The molecule has 0 unspecified atom stereocenters. The van der Waals surface area contributed by atoms with Crippen molar-refractivity contribution in [2.45, 2.75) is 27.2 Å². The fourth-order valence-electron chi connectivity index (χ4n) is 1.23. The average Bonchev–Trinajstić information content (AvgIpc) is 2.64. The third-order valence-electron chi connectivity index (χ3n) is 2.05. The van der Waals surface area contributed by atoms with Gasteiger partial charge < -0.3 is 4.74 Å². The van der Waals surface area contributed by atoms with Crippen LogP contribution in [0.5, 0.6) is 0 Å². The number of hydrogen-bond donors (Lipinski definition) is 0. The highest BCUT2D eigenvalue weighted by Crippen LogP contribution is 2.12. The molecule has 0 aromatic carbocycles. The summed E-state index contributed by atoms with van der Waals surface area (Å²) >= 11 is 1.52. The summed E-state index contributed by atoms with van der Waals surface area (Å²) in [4.78, 5) is 27.0. The van der Waals surface area contributed by atoms with Gasteiger partial charge in [-0.05, 0) is 32.4 Å². The van der Waals surface area contributed by atoms with Gasteiger partial charge in [0.1, 0.15) is 6.42 Å². The van der Waals surface area contributed by atoms with Crippen LogP contribution in [0.2, 0.25) is 0 Å². The third-order valence-corrected chi connectivity index (χ3v) is 2.84. The fraction of sp³-hybridized carbons (Fsp3) is 0.417. The number of carbonyl (C=O) groups excluding carboxylic acids is 2.